The number of hydrogen-bond donors (Lipinski definition) is 5. The van der Waals surface area contributed by atoms with Gasteiger partial charge in [0.2, 0.25) is 11.8 Å². The lowest BCUT2D eigenvalue weighted by atomic mass is 10.1. The van der Waals surface area contributed by atoms with Gasteiger partial charge in [-0.3, -0.25) is 19.2 Å². The first-order valence-electron chi connectivity index (χ1n) is 6.04. The highest BCUT2D eigenvalue weighted by atomic mass is 32.1. The summed E-state index contributed by atoms with van der Waals surface area (Å²) in [7, 11) is 1.29. The fourth-order valence-corrected chi connectivity index (χ4v) is 1.66. The lowest BCUT2D eigenvalue weighted by Crippen LogP contribution is -2.49. The molecule has 0 aliphatic carbocycles. The third-order valence-electron chi connectivity index (χ3n) is 2.56. The van der Waals surface area contributed by atoms with E-state index in [0.29, 0.717) is 0 Å². The summed E-state index contributed by atoms with van der Waals surface area (Å²) in [5.41, 5.74) is 5.26. The number of nitrogens with zero attached hydrogens (tertiary/aromatic N) is 1. The molecule has 2 amide bonds. The minimum Gasteiger partial charge on any atom is -0.480 e. The summed E-state index contributed by atoms with van der Waals surface area (Å²) in [6, 6.07) is -2.14. The first-order valence-corrected chi connectivity index (χ1v) is 6.67. The number of carbonyl (C=O) groups excluding carboxylic acids is 2. The van der Waals surface area contributed by atoms with E-state index in [4.69, 9.17) is 15.9 Å². The third kappa shape index (κ3) is 7.51. The van der Waals surface area contributed by atoms with Crippen molar-refractivity contribution < 1.29 is 29.4 Å². The van der Waals surface area contributed by atoms with E-state index in [-0.39, 0.29) is 18.6 Å². The number of carboxylic acid groups (broad SMARTS) is 2. The average Bonchev–Trinajstić information content (AvgIpc) is 2.40. The molecule has 120 valence electrons. The van der Waals surface area contributed by atoms with E-state index in [2.05, 4.69) is 17.9 Å². The van der Waals surface area contributed by atoms with Crippen LogP contribution in [0.4, 0.5) is 0 Å². The van der Waals surface area contributed by atoms with Crippen molar-refractivity contribution in [2.45, 2.75) is 24.9 Å². The Morgan fingerprint density at radius 3 is 2.29 bits per heavy atom. The van der Waals surface area contributed by atoms with E-state index in [1.165, 1.54) is 7.05 Å². The van der Waals surface area contributed by atoms with Gasteiger partial charge in [0.15, 0.2) is 0 Å². The number of likely N-dealkylation sites (N-methyl/N-ethyl adjacent to an activating group) is 1. The SMILES string of the molecule is CN(CC(=O)O)C(=O)[C@H](CS)NC(=O)CC[C@H](N)C(=O)O. The van der Waals surface area contributed by atoms with E-state index in [0.717, 1.165) is 4.90 Å². The normalized spacial score (nSPS) is 13.1. The molecule has 0 unspecified atom stereocenters. The summed E-state index contributed by atoms with van der Waals surface area (Å²) in [6.45, 7) is -0.497. The van der Waals surface area contributed by atoms with Gasteiger partial charge in [-0.15, -0.1) is 0 Å². The Morgan fingerprint density at radius 2 is 1.86 bits per heavy atom. The Bertz CT molecular complexity index is 417. The van der Waals surface area contributed by atoms with Gasteiger partial charge in [0, 0.05) is 19.2 Å². The lowest BCUT2D eigenvalue weighted by molar-refractivity contribution is -0.144. The highest BCUT2D eigenvalue weighted by Gasteiger charge is 2.24. The molecular weight excluding hydrogens is 302 g/mol. The first-order chi connectivity index (χ1) is 9.68. The fourth-order valence-electron chi connectivity index (χ4n) is 1.41. The monoisotopic (exact) mass is 321 g/mol. The standard InChI is InChI=1S/C11H19N3O6S/c1-14(4-9(16)17)10(18)7(5-21)13-8(15)3-2-6(12)11(19)20/h6-7,21H,2-5,12H2,1H3,(H,13,15)(H,16,17)(H,19,20)/t6-,7-/m0/s1. The van der Waals surface area contributed by atoms with E-state index >= 15 is 0 Å². The van der Waals surface area contributed by atoms with Crippen molar-refractivity contribution in [3.8, 4) is 0 Å². The minimum absolute atomic E-state index is 0.0144. The highest BCUT2D eigenvalue weighted by molar-refractivity contribution is 7.80. The molecule has 0 saturated heterocycles. The van der Waals surface area contributed by atoms with Crippen molar-refractivity contribution in [1.82, 2.24) is 10.2 Å². The van der Waals surface area contributed by atoms with Crippen LogP contribution >= 0.6 is 12.6 Å². The number of nitrogens with one attached hydrogen (secondary N) is 1. The molecule has 0 aromatic rings. The number of rotatable bonds is 9. The number of carbonyl (C=O) groups is 4. The number of hydrogen-bond acceptors (Lipinski definition) is 6. The Labute approximate surface area is 126 Å². The van der Waals surface area contributed by atoms with Crippen LogP contribution in [-0.4, -0.2) is 70.3 Å². The molecule has 0 rings (SSSR count). The molecule has 0 aromatic heterocycles. The molecule has 0 aliphatic heterocycles. The van der Waals surface area contributed by atoms with E-state index in [1.807, 2.05) is 0 Å². The smallest absolute Gasteiger partial charge is 0.323 e. The van der Waals surface area contributed by atoms with Gasteiger partial charge in [-0.05, 0) is 6.42 Å². The second-order valence-electron chi connectivity index (χ2n) is 4.37. The number of carboxylic acids is 2. The molecule has 0 spiro atoms. The number of nitrogens with two attached hydrogens (primary N) is 1. The van der Waals surface area contributed by atoms with Crippen LogP contribution in [-0.2, 0) is 19.2 Å². The first kappa shape index (κ1) is 19.2. The number of aliphatic carboxylic acids is 2. The number of thiol groups is 1. The maximum absolute atomic E-state index is 11.9. The van der Waals surface area contributed by atoms with Gasteiger partial charge in [0.05, 0.1) is 0 Å². The lowest BCUT2D eigenvalue weighted by Gasteiger charge is -2.22. The van der Waals surface area contributed by atoms with Crippen LogP contribution in [0.25, 0.3) is 0 Å². The fraction of sp³-hybridized carbons (Fsp3) is 0.636. The summed E-state index contributed by atoms with van der Waals surface area (Å²) >= 11 is 3.93. The zero-order valence-electron chi connectivity index (χ0n) is 11.5. The molecular formula is C11H19N3O6S. The molecule has 0 radical (unpaired) electrons. The Hall–Kier alpha value is -1.81. The van der Waals surface area contributed by atoms with Crippen molar-refractivity contribution in [3.63, 3.8) is 0 Å². The van der Waals surface area contributed by atoms with Crippen LogP contribution in [0.5, 0.6) is 0 Å². The van der Waals surface area contributed by atoms with Gasteiger partial charge < -0.3 is 26.2 Å². The van der Waals surface area contributed by atoms with Gasteiger partial charge in [0.1, 0.15) is 18.6 Å². The molecule has 0 saturated carbocycles. The van der Waals surface area contributed by atoms with Gasteiger partial charge in [0.25, 0.3) is 0 Å². The molecule has 9 nitrogen and oxygen atoms in total. The zero-order valence-corrected chi connectivity index (χ0v) is 12.4. The summed E-state index contributed by atoms with van der Waals surface area (Å²) in [6.07, 6.45) is -0.229. The largest absolute Gasteiger partial charge is 0.480 e. The molecule has 0 bridgehead atoms. The minimum atomic E-state index is -1.22. The summed E-state index contributed by atoms with van der Waals surface area (Å²) in [4.78, 5) is 45.5. The van der Waals surface area contributed by atoms with Crippen LogP contribution in [0.2, 0.25) is 0 Å². The average molecular weight is 321 g/mol. The van der Waals surface area contributed by atoms with Crippen LogP contribution in [0.15, 0.2) is 0 Å². The molecule has 0 aromatic carbocycles. The van der Waals surface area contributed by atoms with Gasteiger partial charge in [-0.2, -0.15) is 12.6 Å². The Balaban J connectivity index is 4.42. The number of amides is 2. The second kappa shape index (κ2) is 9.19. The maximum atomic E-state index is 11.9. The van der Waals surface area contributed by atoms with E-state index in [9.17, 15) is 19.2 Å². The van der Waals surface area contributed by atoms with Crippen LogP contribution < -0.4 is 11.1 Å². The predicted molar refractivity (Wildman–Crippen MR) is 75.9 cm³/mol. The molecule has 0 fully saturated rings. The van der Waals surface area contributed by atoms with Crippen molar-refractivity contribution >= 4 is 36.4 Å². The summed E-state index contributed by atoms with van der Waals surface area (Å²) in [5.74, 6) is -3.56. The quantitative estimate of drug-likeness (QED) is 0.312. The second-order valence-corrected chi connectivity index (χ2v) is 4.74. The summed E-state index contributed by atoms with van der Waals surface area (Å²) < 4.78 is 0. The van der Waals surface area contributed by atoms with Crippen molar-refractivity contribution in [1.29, 1.82) is 0 Å². The predicted octanol–water partition coefficient (Wildman–Crippen LogP) is -1.86. The zero-order chi connectivity index (χ0) is 16.6. The molecule has 2 atom stereocenters. The topological polar surface area (TPSA) is 150 Å². The van der Waals surface area contributed by atoms with E-state index in [1.54, 1.807) is 0 Å². The van der Waals surface area contributed by atoms with E-state index < -0.39 is 42.4 Å². The summed E-state index contributed by atoms with van der Waals surface area (Å²) in [5, 5.41) is 19.5. The molecule has 21 heavy (non-hydrogen) atoms. The van der Waals surface area contributed by atoms with Crippen molar-refractivity contribution in [3.05, 3.63) is 0 Å². The highest BCUT2D eigenvalue weighted by Crippen LogP contribution is 2.00. The molecule has 5 N–H and O–H groups in total. The van der Waals surface area contributed by atoms with Gasteiger partial charge in [-0.1, -0.05) is 0 Å². The Kier molecular flexibility index (Phi) is 8.39. The van der Waals surface area contributed by atoms with Crippen LogP contribution in [0, 0.1) is 0 Å². The van der Waals surface area contributed by atoms with Gasteiger partial charge >= 0.3 is 11.9 Å². The molecule has 10 heteroatoms. The van der Waals surface area contributed by atoms with Crippen LogP contribution in [0.1, 0.15) is 12.8 Å². The van der Waals surface area contributed by atoms with Crippen LogP contribution in [0.3, 0.4) is 0 Å². The maximum Gasteiger partial charge on any atom is 0.323 e. The third-order valence-corrected chi connectivity index (χ3v) is 2.93. The molecule has 0 aliphatic rings. The van der Waals surface area contributed by atoms with Crippen molar-refractivity contribution in [2.24, 2.45) is 5.73 Å². The van der Waals surface area contributed by atoms with Gasteiger partial charge in [-0.25, -0.2) is 0 Å². The molecule has 0 heterocycles. The van der Waals surface area contributed by atoms with Crippen molar-refractivity contribution in [2.75, 3.05) is 19.3 Å². The Morgan fingerprint density at radius 1 is 1.29 bits per heavy atom.